The van der Waals surface area contributed by atoms with E-state index in [2.05, 4.69) is 10.3 Å². The van der Waals surface area contributed by atoms with Gasteiger partial charge in [-0.15, -0.1) is 0 Å². The second-order valence-corrected chi connectivity index (χ2v) is 6.11. The number of rotatable bonds is 5. The number of halogens is 3. The van der Waals surface area contributed by atoms with Crippen molar-refractivity contribution in [3.63, 3.8) is 0 Å². The van der Waals surface area contributed by atoms with Crippen LogP contribution in [0.25, 0.3) is 0 Å². The lowest BCUT2D eigenvalue weighted by molar-refractivity contribution is -0.193. The van der Waals surface area contributed by atoms with Crippen molar-refractivity contribution < 1.29 is 22.7 Å². The molecule has 2 N–H and O–H groups in total. The van der Waals surface area contributed by atoms with Gasteiger partial charge in [0.25, 0.3) is 5.91 Å². The molecule has 1 aliphatic carbocycles. The first-order valence-electron chi connectivity index (χ1n) is 7.92. The average molecular weight is 346 g/mol. The SMILES string of the molecule is Cc1cc(=O)c(C(=O)NCC2CCCCC2OCC(F)(F)F)c[nH]1. The van der Waals surface area contributed by atoms with Crippen molar-refractivity contribution in [1.29, 1.82) is 0 Å². The predicted octanol–water partition coefficient (Wildman–Crippen LogP) is 2.55. The molecule has 0 bridgehead atoms. The number of alkyl halides is 3. The van der Waals surface area contributed by atoms with Gasteiger partial charge in [-0.1, -0.05) is 12.8 Å². The number of aromatic amines is 1. The minimum Gasteiger partial charge on any atom is -0.368 e. The summed E-state index contributed by atoms with van der Waals surface area (Å²) in [5.74, 6) is -0.717. The standard InChI is InChI=1S/C16H21F3N2O3/c1-10-6-13(22)12(8-20-10)15(23)21-7-11-4-2-3-5-14(11)24-9-16(17,18)19/h6,8,11,14H,2-5,7,9H2,1H3,(H,20,22)(H,21,23). The fraction of sp³-hybridized carbons (Fsp3) is 0.625. The van der Waals surface area contributed by atoms with E-state index in [4.69, 9.17) is 4.74 Å². The summed E-state index contributed by atoms with van der Waals surface area (Å²) in [6, 6.07) is 1.32. The monoisotopic (exact) mass is 346 g/mol. The summed E-state index contributed by atoms with van der Waals surface area (Å²) < 4.78 is 41.9. The highest BCUT2D eigenvalue weighted by molar-refractivity contribution is 5.93. The van der Waals surface area contributed by atoms with Crippen LogP contribution in [0.2, 0.25) is 0 Å². The van der Waals surface area contributed by atoms with E-state index in [0.29, 0.717) is 18.5 Å². The van der Waals surface area contributed by atoms with E-state index >= 15 is 0 Å². The maximum atomic E-state index is 12.3. The number of carbonyl (C=O) groups excluding carboxylic acids is 1. The second-order valence-electron chi connectivity index (χ2n) is 6.11. The molecule has 1 aromatic heterocycles. The summed E-state index contributed by atoms with van der Waals surface area (Å²) >= 11 is 0. The lowest BCUT2D eigenvalue weighted by Crippen LogP contribution is -2.40. The molecule has 1 fully saturated rings. The zero-order valence-electron chi connectivity index (χ0n) is 13.4. The van der Waals surface area contributed by atoms with E-state index < -0.39 is 30.2 Å². The van der Waals surface area contributed by atoms with Crippen LogP contribution in [0.5, 0.6) is 0 Å². The molecule has 1 aromatic rings. The number of ether oxygens (including phenoxy) is 1. The lowest BCUT2D eigenvalue weighted by Gasteiger charge is -2.31. The predicted molar refractivity (Wildman–Crippen MR) is 81.9 cm³/mol. The fourth-order valence-corrected chi connectivity index (χ4v) is 2.90. The first-order chi connectivity index (χ1) is 11.3. The molecule has 0 radical (unpaired) electrons. The van der Waals surface area contributed by atoms with Crippen LogP contribution in [0, 0.1) is 12.8 Å². The van der Waals surface area contributed by atoms with Crippen LogP contribution < -0.4 is 10.7 Å². The highest BCUT2D eigenvalue weighted by Crippen LogP contribution is 2.28. The smallest absolute Gasteiger partial charge is 0.368 e. The van der Waals surface area contributed by atoms with E-state index in [1.807, 2.05) is 0 Å². The quantitative estimate of drug-likeness (QED) is 0.861. The highest BCUT2D eigenvalue weighted by atomic mass is 19.4. The second kappa shape index (κ2) is 7.83. The first-order valence-corrected chi connectivity index (χ1v) is 7.92. The summed E-state index contributed by atoms with van der Waals surface area (Å²) in [5, 5.41) is 2.64. The van der Waals surface area contributed by atoms with Crippen molar-refractivity contribution in [3.05, 3.63) is 33.7 Å². The van der Waals surface area contributed by atoms with Gasteiger partial charge in [0, 0.05) is 30.4 Å². The molecular formula is C16H21F3N2O3. The zero-order chi connectivity index (χ0) is 17.7. The highest BCUT2D eigenvalue weighted by Gasteiger charge is 2.33. The van der Waals surface area contributed by atoms with Crippen LogP contribution in [0.15, 0.2) is 17.1 Å². The molecule has 2 rings (SSSR count). The van der Waals surface area contributed by atoms with Crippen LogP contribution in [0.1, 0.15) is 41.7 Å². The van der Waals surface area contributed by atoms with Crippen LogP contribution in [-0.4, -0.2) is 36.3 Å². The number of amides is 1. The van der Waals surface area contributed by atoms with Gasteiger partial charge in [0.15, 0.2) is 5.43 Å². The van der Waals surface area contributed by atoms with E-state index in [1.54, 1.807) is 6.92 Å². The van der Waals surface area contributed by atoms with Crippen LogP contribution in [-0.2, 0) is 4.74 Å². The Morgan fingerprint density at radius 2 is 2.08 bits per heavy atom. The molecule has 0 saturated heterocycles. The van der Waals surface area contributed by atoms with Gasteiger partial charge in [0.05, 0.1) is 6.10 Å². The van der Waals surface area contributed by atoms with Gasteiger partial charge in [-0.25, -0.2) is 0 Å². The van der Waals surface area contributed by atoms with Crippen LogP contribution >= 0.6 is 0 Å². The number of carbonyl (C=O) groups is 1. The molecule has 0 aromatic carbocycles. The Bertz CT molecular complexity index is 628. The molecule has 1 aliphatic rings. The van der Waals surface area contributed by atoms with Crippen molar-refractivity contribution in [2.24, 2.45) is 5.92 Å². The fourth-order valence-electron chi connectivity index (χ4n) is 2.90. The molecule has 8 heteroatoms. The Morgan fingerprint density at radius 1 is 1.38 bits per heavy atom. The Morgan fingerprint density at radius 3 is 2.75 bits per heavy atom. The van der Waals surface area contributed by atoms with Crippen molar-refractivity contribution in [2.75, 3.05) is 13.2 Å². The third kappa shape index (κ3) is 5.36. The van der Waals surface area contributed by atoms with Gasteiger partial charge in [-0.05, 0) is 19.8 Å². The molecule has 24 heavy (non-hydrogen) atoms. The lowest BCUT2D eigenvalue weighted by atomic mass is 9.86. The number of pyridine rings is 1. The largest absolute Gasteiger partial charge is 0.411 e. The summed E-state index contributed by atoms with van der Waals surface area (Å²) in [5.41, 5.74) is 0.242. The van der Waals surface area contributed by atoms with Gasteiger partial charge < -0.3 is 15.0 Å². The molecule has 1 heterocycles. The Balaban J connectivity index is 1.92. The van der Waals surface area contributed by atoms with Crippen LogP contribution in [0.4, 0.5) is 13.2 Å². The molecule has 0 spiro atoms. The average Bonchev–Trinajstić information content (AvgIpc) is 2.50. The van der Waals surface area contributed by atoms with Crippen molar-refractivity contribution in [3.8, 4) is 0 Å². The Kier molecular flexibility index (Phi) is 6.04. The topological polar surface area (TPSA) is 71.2 Å². The number of nitrogens with one attached hydrogen (secondary N) is 2. The summed E-state index contributed by atoms with van der Waals surface area (Å²) in [7, 11) is 0. The molecular weight excluding hydrogens is 325 g/mol. The van der Waals surface area contributed by atoms with E-state index in [9.17, 15) is 22.8 Å². The third-order valence-electron chi connectivity index (χ3n) is 4.13. The summed E-state index contributed by atoms with van der Waals surface area (Å²) in [6.07, 6.45) is -0.625. The van der Waals surface area contributed by atoms with Crippen molar-refractivity contribution in [2.45, 2.75) is 44.9 Å². The molecule has 0 aliphatic heterocycles. The summed E-state index contributed by atoms with van der Waals surface area (Å²) in [4.78, 5) is 26.7. The van der Waals surface area contributed by atoms with E-state index in [-0.39, 0.29) is 18.0 Å². The van der Waals surface area contributed by atoms with E-state index in [0.717, 1.165) is 12.8 Å². The van der Waals surface area contributed by atoms with Gasteiger partial charge in [-0.2, -0.15) is 13.2 Å². The first kappa shape index (κ1) is 18.5. The number of hydrogen-bond acceptors (Lipinski definition) is 3. The number of aromatic nitrogens is 1. The van der Waals surface area contributed by atoms with Crippen molar-refractivity contribution >= 4 is 5.91 Å². The number of H-pyrrole nitrogens is 1. The molecule has 1 amide bonds. The minimum absolute atomic E-state index is 0.0100. The van der Waals surface area contributed by atoms with Gasteiger partial charge in [0.1, 0.15) is 12.2 Å². The minimum atomic E-state index is -4.36. The third-order valence-corrected chi connectivity index (χ3v) is 4.13. The maximum Gasteiger partial charge on any atom is 0.411 e. The van der Waals surface area contributed by atoms with Crippen molar-refractivity contribution in [1.82, 2.24) is 10.3 Å². The number of hydrogen-bond donors (Lipinski definition) is 2. The Hall–Kier alpha value is -1.83. The summed E-state index contributed by atoms with van der Waals surface area (Å²) in [6.45, 7) is 0.613. The van der Waals surface area contributed by atoms with E-state index in [1.165, 1.54) is 12.3 Å². The molecule has 134 valence electrons. The van der Waals surface area contributed by atoms with Crippen LogP contribution in [0.3, 0.4) is 0 Å². The number of aryl methyl sites for hydroxylation is 1. The maximum absolute atomic E-state index is 12.3. The van der Waals surface area contributed by atoms with Gasteiger partial charge >= 0.3 is 6.18 Å². The molecule has 5 nitrogen and oxygen atoms in total. The normalized spacial score (nSPS) is 21.5. The molecule has 2 unspecified atom stereocenters. The van der Waals surface area contributed by atoms with Gasteiger partial charge in [0.2, 0.25) is 0 Å². The Labute approximate surface area is 137 Å². The molecule has 1 saturated carbocycles. The molecule has 2 atom stereocenters. The van der Waals surface area contributed by atoms with Gasteiger partial charge in [-0.3, -0.25) is 9.59 Å². The zero-order valence-corrected chi connectivity index (χ0v) is 13.4.